The fraction of sp³-hybridized carbons (Fsp3) is 0.750. The number of halogens is 6. The number of nitrogens with one attached hydrogen (secondary N) is 1. The van der Waals surface area contributed by atoms with Crippen LogP contribution in [0.3, 0.4) is 0 Å². The van der Waals surface area contributed by atoms with Gasteiger partial charge in [0, 0.05) is 6.54 Å². The minimum absolute atomic E-state index is 0.843. The Morgan fingerprint density at radius 3 is 2.00 bits per heavy atom. The maximum absolute atomic E-state index is 12.3. The van der Waals surface area contributed by atoms with Crippen LogP contribution in [0.4, 0.5) is 26.3 Å². The summed E-state index contributed by atoms with van der Waals surface area (Å²) >= 11 is 0. The van der Waals surface area contributed by atoms with Crippen molar-refractivity contribution in [3.05, 3.63) is 0 Å². The predicted octanol–water partition coefficient (Wildman–Crippen LogP) is 1.32. The molecule has 2 atom stereocenters. The third-order valence-electron chi connectivity index (χ3n) is 2.72. The lowest BCUT2D eigenvalue weighted by Crippen LogP contribution is -2.43. The number of hydrogen-bond donors (Lipinski definition) is 2. The minimum atomic E-state index is -5.26. The lowest BCUT2D eigenvalue weighted by molar-refractivity contribution is -0.176. The van der Waals surface area contributed by atoms with E-state index >= 15 is 0 Å². The number of amides is 1. The Morgan fingerprint density at radius 1 is 1.22 bits per heavy atom. The largest absolute Gasteiger partial charge is 0.481 e. The number of alkyl halides is 6. The van der Waals surface area contributed by atoms with E-state index in [9.17, 15) is 35.9 Å². The molecule has 1 amide bonds. The molecule has 0 radical (unpaired) electrons. The van der Waals surface area contributed by atoms with Crippen LogP contribution in [0.2, 0.25) is 0 Å². The fourth-order valence-corrected chi connectivity index (χ4v) is 1.58. The van der Waals surface area contributed by atoms with E-state index in [-0.39, 0.29) is 0 Å². The van der Waals surface area contributed by atoms with Crippen molar-refractivity contribution in [2.45, 2.75) is 18.8 Å². The summed E-state index contributed by atoms with van der Waals surface area (Å²) in [6, 6.07) is 0. The van der Waals surface area contributed by atoms with E-state index < -0.39 is 48.5 Å². The van der Waals surface area contributed by atoms with Crippen molar-refractivity contribution < 1.29 is 41.0 Å². The average molecular weight is 279 g/mol. The Kier molecular flexibility index (Phi) is 3.26. The third-order valence-corrected chi connectivity index (χ3v) is 2.72. The smallest absolute Gasteiger partial charge is 0.471 e. The Balaban J connectivity index is 2.70. The molecule has 10 heteroatoms. The lowest BCUT2D eigenvalue weighted by Gasteiger charge is -2.15. The molecule has 4 nitrogen and oxygen atoms in total. The Morgan fingerprint density at radius 2 is 1.72 bits per heavy atom. The highest BCUT2D eigenvalue weighted by Crippen LogP contribution is 2.60. The van der Waals surface area contributed by atoms with Gasteiger partial charge in [0.25, 0.3) is 0 Å². The summed E-state index contributed by atoms with van der Waals surface area (Å²) in [4.78, 5) is 21.1. The topological polar surface area (TPSA) is 66.4 Å². The van der Waals surface area contributed by atoms with E-state index in [1.807, 2.05) is 0 Å². The number of hydrogen-bond acceptors (Lipinski definition) is 2. The molecule has 0 saturated heterocycles. The fourth-order valence-electron chi connectivity index (χ4n) is 1.58. The van der Waals surface area contributed by atoms with Crippen LogP contribution >= 0.6 is 0 Å². The van der Waals surface area contributed by atoms with E-state index in [0.29, 0.717) is 0 Å². The zero-order valence-electron chi connectivity index (χ0n) is 8.52. The molecule has 0 bridgehead atoms. The van der Waals surface area contributed by atoms with Gasteiger partial charge in [-0.2, -0.15) is 26.3 Å². The van der Waals surface area contributed by atoms with E-state index in [4.69, 9.17) is 5.11 Å². The summed E-state index contributed by atoms with van der Waals surface area (Å²) in [6.45, 7) is -1.20. The van der Waals surface area contributed by atoms with Crippen molar-refractivity contribution in [1.29, 1.82) is 0 Å². The molecule has 0 aliphatic heterocycles. The first kappa shape index (κ1) is 14.6. The highest BCUT2D eigenvalue weighted by molar-refractivity contribution is 5.84. The lowest BCUT2D eigenvalue weighted by atomic mass is 10.0. The van der Waals surface area contributed by atoms with Crippen molar-refractivity contribution >= 4 is 11.9 Å². The molecular weight excluding hydrogens is 272 g/mol. The number of aliphatic carboxylic acids is 1. The molecular formula is C8H7F6NO3. The van der Waals surface area contributed by atoms with Crippen LogP contribution < -0.4 is 5.32 Å². The summed E-state index contributed by atoms with van der Waals surface area (Å²) < 4.78 is 72.2. The molecule has 104 valence electrons. The van der Waals surface area contributed by atoms with Crippen LogP contribution in [0.5, 0.6) is 0 Å². The SMILES string of the molecule is O=C(NCC1(C(=O)O)CC1C(F)(F)F)C(F)(F)F. The molecule has 0 heterocycles. The Bertz CT molecular complexity index is 376. The van der Waals surface area contributed by atoms with E-state index in [0.717, 1.165) is 5.32 Å². The average Bonchev–Trinajstić information content (AvgIpc) is 2.87. The molecule has 0 aromatic carbocycles. The van der Waals surface area contributed by atoms with Crippen molar-refractivity contribution in [3.8, 4) is 0 Å². The number of carboxylic acids is 1. The van der Waals surface area contributed by atoms with Crippen LogP contribution in [0.15, 0.2) is 0 Å². The molecule has 2 N–H and O–H groups in total. The van der Waals surface area contributed by atoms with Gasteiger partial charge in [0.1, 0.15) is 0 Å². The second kappa shape index (κ2) is 4.02. The summed E-state index contributed by atoms with van der Waals surface area (Å²) in [7, 11) is 0. The molecule has 1 fully saturated rings. The van der Waals surface area contributed by atoms with E-state index in [1.54, 1.807) is 0 Å². The van der Waals surface area contributed by atoms with Gasteiger partial charge in [-0.25, -0.2) is 0 Å². The van der Waals surface area contributed by atoms with Crippen LogP contribution in [0.25, 0.3) is 0 Å². The maximum Gasteiger partial charge on any atom is 0.471 e. The Hall–Kier alpha value is -1.48. The van der Waals surface area contributed by atoms with Crippen LogP contribution in [0.1, 0.15) is 6.42 Å². The first-order valence-electron chi connectivity index (χ1n) is 4.56. The highest BCUT2D eigenvalue weighted by atomic mass is 19.4. The first-order chi connectivity index (χ1) is 7.91. The van der Waals surface area contributed by atoms with Crippen molar-refractivity contribution in [1.82, 2.24) is 5.32 Å². The van der Waals surface area contributed by atoms with Crippen LogP contribution in [0, 0.1) is 11.3 Å². The number of carbonyl (C=O) groups excluding carboxylic acids is 1. The number of rotatable bonds is 3. The highest BCUT2D eigenvalue weighted by Gasteiger charge is 2.71. The van der Waals surface area contributed by atoms with Gasteiger partial charge in [-0.05, 0) is 6.42 Å². The molecule has 1 aliphatic rings. The van der Waals surface area contributed by atoms with Crippen molar-refractivity contribution in [3.63, 3.8) is 0 Å². The van der Waals surface area contributed by atoms with Gasteiger partial charge in [0.05, 0.1) is 11.3 Å². The van der Waals surface area contributed by atoms with E-state index in [1.165, 1.54) is 0 Å². The quantitative estimate of drug-likeness (QED) is 0.766. The van der Waals surface area contributed by atoms with Gasteiger partial charge < -0.3 is 10.4 Å². The predicted molar refractivity (Wildman–Crippen MR) is 43.3 cm³/mol. The van der Waals surface area contributed by atoms with Gasteiger partial charge in [0.2, 0.25) is 0 Å². The normalized spacial score (nSPS) is 27.8. The maximum atomic E-state index is 12.3. The molecule has 1 rings (SSSR count). The number of carbonyl (C=O) groups is 2. The second-order valence-corrected chi connectivity index (χ2v) is 3.94. The minimum Gasteiger partial charge on any atom is -0.481 e. The van der Waals surface area contributed by atoms with E-state index in [2.05, 4.69) is 0 Å². The monoisotopic (exact) mass is 279 g/mol. The Labute approximate surface area is 95.9 Å². The molecule has 18 heavy (non-hydrogen) atoms. The van der Waals surface area contributed by atoms with Crippen LogP contribution in [-0.2, 0) is 9.59 Å². The molecule has 1 aliphatic carbocycles. The summed E-state index contributed by atoms with van der Waals surface area (Å²) in [5.41, 5.74) is -2.39. The second-order valence-electron chi connectivity index (χ2n) is 3.94. The summed E-state index contributed by atoms with van der Waals surface area (Å²) in [5.74, 6) is -6.58. The zero-order chi connectivity index (χ0) is 14.4. The summed E-state index contributed by atoms with van der Waals surface area (Å²) in [5, 5.41) is 9.78. The summed E-state index contributed by atoms with van der Waals surface area (Å²) in [6.07, 6.45) is -10.9. The molecule has 0 aromatic heterocycles. The van der Waals surface area contributed by atoms with Gasteiger partial charge in [-0.1, -0.05) is 0 Å². The molecule has 2 unspecified atom stereocenters. The van der Waals surface area contributed by atoms with Gasteiger partial charge in [-0.3, -0.25) is 9.59 Å². The molecule has 0 spiro atoms. The zero-order valence-corrected chi connectivity index (χ0v) is 8.52. The van der Waals surface area contributed by atoms with Crippen molar-refractivity contribution in [2.24, 2.45) is 11.3 Å². The standard InChI is InChI=1S/C8H7F6NO3/c9-7(10,11)3-1-6(3,5(17)18)2-15-4(16)8(12,13)14/h3H,1-2H2,(H,15,16)(H,17,18). The van der Waals surface area contributed by atoms with Gasteiger partial charge >= 0.3 is 24.2 Å². The third kappa shape index (κ3) is 2.67. The van der Waals surface area contributed by atoms with Gasteiger partial charge in [0.15, 0.2) is 0 Å². The first-order valence-corrected chi connectivity index (χ1v) is 4.56. The number of carboxylic acid groups (broad SMARTS) is 1. The molecule has 1 saturated carbocycles. The van der Waals surface area contributed by atoms with Crippen LogP contribution in [-0.4, -0.2) is 35.9 Å². The molecule has 0 aromatic rings. The van der Waals surface area contributed by atoms with Gasteiger partial charge in [-0.15, -0.1) is 0 Å². The van der Waals surface area contributed by atoms with Crippen molar-refractivity contribution in [2.75, 3.05) is 6.54 Å².